The molecule has 3 atom stereocenters. The molecule has 2 aliphatic rings. The molecule has 3 amide bonds. The topological polar surface area (TPSA) is 66.5 Å². The molecule has 0 bridgehead atoms. The van der Waals surface area contributed by atoms with Crippen molar-refractivity contribution in [2.24, 2.45) is 11.8 Å². The molecule has 1 saturated heterocycles. The van der Waals surface area contributed by atoms with E-state index in [1.54, 1.807) is 0 Å². The summed E-state index contributed by atoms with van der Waals surface area (Å²) >= 11 is 0. The van der Waals surface area contributed by atoms with E-state index in [1.165, 1.54) is 4.90 Å². The van der Waals surface area contributed by atoms with Crippen molar-refractivity contribution >= 4 is 17.7 Å². The molecule has 1 aliphatic carbocycles. The highest BCUT2D eigenvalue weighted by molar-refractivity contribution is 6.07. The number of carbonyl (C=O) groups excluding carboxylic acids is 3. The second-order valence-electron chi connectivity index (χ2n) is 7.98. The lowest BCUT2D eigenvalue weighted by molar-refractivity contribution is -0.143. The molecule has 1 N–H and O–H groups in total. The van der Waals surface area contributed by atoms with Crippen molar-refractivity contribution in [1.82, 2.24) is 10.2 Å². The summed E-state index contributed by atoms with van der Waals surface area (Å²) in [5.41, 5.74) is 2.11. The van der Waals surface area contributed by atoms with E-state index in [-0.39, 0.29) is 42.1 Å². The minimum Gasteiger partial charge on any atom is -0.347 e. The summed E-state index contributed by atoms with van der Waals surface area (Å²) in [5.74, 6) is -1.09. The molecule has 0 radical (unpaired) electrons. The monoisotopic (exact) mass is 390 g/mol. The minimum absolute atomic E-state index is 0.172. The standard InChI is InChI=1S/C24H26N2O3/c27-22(16-26-23(28)19-13-7-8-14-20(19)24(26)29)25-21(18-11-5-2-6-12-18)15-17-9-3-1-4-10-17/h1-6,9-12,19-21H,7-8,13-16H2,(H,25,27). The summed E-state index contributed by atoms with van der Waals surface area (Å²) in [6.07, 6.45) is 4.12. The van der Waals surface area contributed by atoms with Gasteiger partial charge in [-0.15, -0.1) is 0 Å². The third-order valence-electron chi connectivity index (χ3n) is 6.05. The van der Waals surface area contributed by atoms with Crippen LogP contribution in [0, 0.1) is 11.8 Å². The van der Waals surface area contributed by atoms with Gasteiger partial charge in [-0.3, -0.25) is 19.3 Å². The zero-order valence-electron chi connectivity index (χ0n) is 16.4. The largest absolute Gasteiger partial charge is 0.347 e. The first-order valence-corrected chi connectivity index (χ1v) is 10.4. The van der Waals surface area contributed by atoms with Crippen LogP contribution < -0.4 is 5.32 Å². The van der Waals surface area contributed by atoms with Gasteiger partial charge in [-0.25, -0.2) is 0 Å². The fraction of sp³-hybridized carbons (Fsp3) is 0.375. The second kappa shape index (κ2) is 8.60. The van der Waals surface area contributed by atoms with Crippen LogP contribution >= 0.6 is 0 Å². The van der Waals surface area contributed by atoms with Gasteiger partial charge in [0, 0.05) is 0 Å². The third kappa shape index (κ3) is 4.24. The van der Waals surface area contributed by atoms with E-state index in [2.05, 4.69) is 5.32 Å². The van der Waals surface area contributed by atoms with Crippen LogP contribution in [0.5, 0.6) is 0 Å². The van der Waals surface area contributed by atoms with Crippen LogP contribution in [0.4, 0.5) is 0 Å². The Balaban J connectivity index is 1.46. The van der Waals surface area contributed by atoms with Crippen LogP contribution in [0.15, 0.2) is 60.7 Å². The predicted octanol–water partition coefficient (Wildman–Crippen LogP) is 3.26. The molecule has 5 heteroatoms. The van der Waals surface area contributed by atoms with E-state index in [9.17, 15) is 14.4 Å². The maximum Gasteiger partial charge on any atom is 0.240 e. The van der Waals surface area contributed by atoms with Crippen molar-refractivity contribution < 1.29 is 14.4 Å². The van der Waals surface area contributed by atoms with Gasteiger partial charge in [0.1, 0.15) is 6.54 Å². The first-order chi connectivity index (χ1) is 14.1. The van der Waals surface area contributed by atoms with E-state index in [4.69, 9.17) is 0 Å². The third-order valence-corrected chi connectivity index (χ3v) is 6.05. The zero-order valence-corrected chi connectivity index (χ0v) is 16.4. The highest BCUT2D eigenvalue weighted by atomic mass is 16.2. The molecule has 0 spiro atoms. The summed E-state index contributed by atoms with van der Waals surface area (Å²) in [4.78, 5) is 39.3. The molecule has 5 nitrogen and oxygen atoms in total. The fourth-order valence-corrected chi connectivity index (χ4v) is 4.56. The average Bonchev–Trinajstić information content (AvgIpc) is 3.00. The number of nitrogens with one attached hydrogen (secondary N) is 1. The maximum absolute atomic E-state index is 12.8. The lowest BCUT2D eigenvalue weighted by Crippen LogP contribution is -2.42. The van der Waals surface area contributed by atoms with E-state index < -0.39 is 0 Å². The Morgan fingerprint density at radius 1 is 0.897 bits per heavy atom. The first kappa shape index (κ1) is 19.4. The number of rotatable bonds is 6. The van der Waals surface area contributed by atoms with Crippen molar-refractivity contribution in [1.29, 1.82) is 0 Å². The Morgan fingerprint density at radius 3 is 2.03 bits per heavy atom. The van der Waals surface area contributed by atoms with Crippen LogP contribution in [0.3, 0.4) is 0 Å². The second-order valence-corrected chi connectivity index (χ2v) is 7.98. The molecule has 1 aliphatic heterocycles. The van der Waals surface area contributed by atoms with Crippen LogP contribution in [-0.2, 0) is 20.8 Å². The molecule has 2 aromatic rings. The van der Waals surface area contributed by atoms with Gasteiger partial charge in [-0.2, -0.15) is 0 Å². The number of likely N-dealkylation sites (tertiary alicyclic amines) is 1. The van der Waals surface area contributed by atoms with Crippen molar-refractivity contribution in [3.63, 3.8) is 0 Å². The van der Waals surface area contributed by atoms with Gasteiger partial charge in [-0.1, -0.05) is 73.5 Å². The lowest BCUT2D eigenvalue weighted by atomic mass is 9.81. The highest BCUT2D eigenvalue weighted by Gasteiger charge is 2.48. The molecule has 2 fully saturated rings. The normalized spacial score (nSPS) is 22.3. The van der Waals surface area contributed by atoms with Gasteiger partial charge in [-0.05, 0) is 30.4 Å². The summed E-state index contributed by atoms with van der Waals surface area (Å²) in [7, 11) is 0. The smallest absolute Gasteiger partial charge is 0.240 e. The number of hydrogen-bond donors (Lipinski definition) is 1. The molecule has 1 saturated carbocycles. The van der Waals surface area contributed by atoms with Crippen molar-refractivity contribution in [3.8, 4) is 0 Å². The number of benzene rings is 2. The molecule has 3 unspecified atom stereocenters. The predicted molar refractivity (Wildman–Crippen MR) is 110 cm³/mol. The fourth-order valence-electron chi connectivity index (χ4n) is 4.56. The van der Waals surface area contributed by atoms with Crippen molar-refractivity contribution in [3.05, 3.63) is 71.8 Å². The number of carbonyl (C=O) groups is 3. The average molecular weight is 390 g/mol. The van der Waals surface area contributed by atoms with Crippen LogP contribution in [0.2, 0.25) is 0 Å². The number of imide groups is 1. The van der Waals surface area contributed by atoms with Gasteiger partial charge in [0.15, 0.2) is 0 Å². The summed E-state index contributed by atoms with van der Waals surface area (Å²) in [6, 6.07) is 19.5. The van der Waals surface area contributed by atoms with Crippen LogP contribution in [0.1, 0.15) is 42.9 Å². The molecular formula is C24H26N2O3. The van der Waals surface area contributed by atoms with E-state index in [0.717, 1.165) is 36.8 Å². The number of fused-ring (bicyclic) bond motifs is 1. The van der Waals surface area contributed by atoms with E-state index in [0.29, 0.717) is 6.42 Å². The van der Waals surface area contributed by atoms with E-state index >= 15 is 0 Å². The highest BCUT2D eigenvalue weighted by Crippen LogP contribution is 2.37. The molecule has 2 aromatic carbocycles. The SMILES string of the molecule is O=C(CN1C(=O)C2CCCCC2C1=O)NC(Cc1ccccc1)c1ccccc1. The Bertz CT molecular complexity index is 858. The molecule has 1 heterocycles. The molecule has 150 valence electrons. The molecule has 29 heavy (non-hydrogen) atoms. The Morgan fingerprint density at radius 2 is 1.45 bits per heavy atom. The zero-order chi connectivity index (χ0) is 20.2. The van der Waals surface area contributed by atoms with Crippen molar-refractivity contribution in [2.75, 3.05) is 6.54 Å². The number of nitrogens with zero attached hydrogens (tertiary/aromatic N) is 1. The molecule has 0 aromatic heterocycles. The summed E-state index contributed by atoms with van der Waals surface area (Å²) < 4.78 is 0. The maximum atomic E-state index is 12.8. The van der Waals surface area contributed by atoms with Crippen LogP contribution in [0.25, 0.3) is 0 Å². The molecular weight excluding hydrogens is 364 g/mol. The lowest BCUT2D eigenvalue weighted by Gasteiger charge is -2.21. The van der Waals surface area contributed by atoms with Gasteiger partial charge in [0.05, 0.1) is 17.9 Å². The van der Waals surface area contributed by atoms with Gasteiger partial charge in [0.2, 0.25) is 17.7 Å². The van der Waals surface area contributed by atoms with Gasteiger partial charge < -0.3 is 5.32 Å². The summed E-state index contributed by atoms with van der Waals surface area (Å²) in [5, 5.41) is 3.05. The molecule has 4 rings (SSSR count). The number of hydrogen-bond acceptors (Lipinski definition) is 3. The van der Waals surface area contributed by atoms with Crippen LogP contribution in [-0.4, -0.2) is 29.2 Å². The van der Waals surface area contributed by atoms with Crippen molar-refractivity contribution in [2.45, 2.75) is 38.1 Å². The Labute approximate surface area is 171 Å². The Hall–Kier alpha value is -2.95. The quantitative estimate of drug-likeness (QED) is 0.770. The first-order valence-electron chi connectivity index (χ1n) is 10.4. The number of amides is 3. The summed E-state index contributed by atoms with van der Waals surface area (Å²) in [6.45, 7) is -0.192. The minimum atomic E-state index is -0.296. The van der Waals surface area contributed by atoms with E-state index in [1.807, 2.05) is 60.7 Å². The van der Waals surface area contributed by atoms with Gasteiger partial charge in [0.25, 0.3) is 0 Å². The Kier molecular flexibility index (Phi) is 5.74. The van der Waals surface area contributed by atoms with Gasteiger partial charge >= 0.3 is 0 Å².